The number of fused-ring (bicyclic) bond motifs is 1. The molecule has 20 heavy (non-hydrogen) atoms. The number of carbonyl (C=O) groups is 1. The van der Waals surface area contributed by atoms with Crippen LogP contribution < -0.4 is 0 Å². The molecular weight excluding hydrogens is 244 g/mol. The molecule has 0 aliphatic heterocycles. The first-order valence-electron chi connectivity index (χ1n) is 8.36. The number of hydrogen-bond acceptors (Lipinski definition) is 1. The number of unbranched alkanes of at least 4 members (excludes halogenated alkanes) is 1. The fraction of sp³-hybridized carbons (Fsp3) is 0.632. The van der Waals surface area contributed by atoms with Crippen LogP contribution in [0.4, 0.5) is 0 Å². The molecule has 0 N–H and O–H groups in total. The van der Waals surface area contributed by atoms with Gasteiger partial charge in [-0.25, -0.2) is 0 Å². The van der Waals surface area contributed by atoms with Gasteiger partial charge in [0.2, 0.25) is 0 Å². The summed E-state index contributed by atoms with van der Waals surface area (Å²) >= 11 is 0. The summed E-state index contributed by atoms with van der Waals surface area (Å²) < 4.78 is 0. The van der Waals surface area contributed by atoms with Gasteiger partial charge in [-0.2, -0.15) is 0 Å². The monoisotopic (exact) mass is 272 g/mol. The molecule has 0 bridgehead atoms. The third kappa shape index (κ3) is 3.71. The highest BCUT2D eigenvalue weighted by Crippen LogP contribution is 2.34. The van der Waals surface area contributed by atoms with E-state index in [9.17, 15) is 4.79 Å². The van der Waals surface area contributed by atoms with Crippen molar-refractivity contribution in [2.75, 3.05) is 0 Å². The van der Waals surface area contributed by atoms with Gasteiger partial charge >= 0.3 is 0 Å². The Kier molecular flexibility index (Phi) is 5.82. The lowest BCUT2D eigenvalue weighted by Crippen LogP contribution is -2.21. The fourth-order valence-electron chi connectivity index (χ4n) is 3.46. The van der Waals surface area contributed by atoms with E-state index in [-0.39, 0.29) is 5.92 Å². The van der Waals surface area contributed by atoms with Crippen LogP contribution in [0.2, 0.25) is 0 Å². The van der Waals surface area contributed by atoms with Gasteiger partial charge in [-0.1, -0.05) is 63.8 Å². The summed E-state index contributed by atoms with van der Waals surface area (Å²) in [6, 6.07) is 8.55. The molecule has 0 aromatic heterocycles. The van der Waals surface area contributed by atoms with E-state index in [1.807, 2.05) is 0 Å². The lowest BCUT2D eigenvalue weighted by Gasteiger charge is -2.26. The Balaban J connectivity index is 2.03. The van der Waals surface area contributed by atoms with E-state index < -0.39 is 0 Å². The second-order valence-electron chi connectivity index (χ2n) is 6.23. The first kappa shape index (κ1) is 15.3. The molecule has 1 aliphatic carbocycles. The SMILES string of the molecule is CCCCC(CC)CC(=O)C1CCCc2ccccc21. The maximum Gasteiger partial charge on any atom is 0.140 e. The second kappa shape index (κ2) is 7.61. The van der Waals surface area contributed by atoms with Gasteiger partial charge < -0.3 is 0 Å². The van der Waals surface area contributed by atoms with Crippen LogP contribution in [0.5, 0.6) is 0 Å². The molecule has 0 fully saturated rings. The smallest absolute Gasteiger partial charge is 0.140 e. The van der Waals surface area contributed by atoms with Gasteiger partial charge in [0.1, 0.15) is 5.78 Å². The van der Waals surface area contributed by atoms with Crippen molar-refractivity contribution in [2.24, 2.45) is 5.92 Å². The van der Waals surface area contributed by atoms with E-state index in [0.717, 1.165) is 25.7 Å². The number of hydrogen-bond donors (Lipinski definition) is 0. The highest BCUT2D eigenvalue weighted by Gasteiger charge is 2.27. The van der Waals surface area contributed by atoms with Crippen LogP contribution in [-0.4, -0.2) is 5.78 Å². The molecule has 1 aliphatic rings. The number of rotatable bonds is 7. The minimum atomic E-state index is 0.177. The zero-order chi connectivity index (χ0) is 14.4. The molecule has 0 spiro atoms. The molecule has 1 aromatic carbocycles. The largest absolute Gasteiger partial charge is 0.299 e. The Bertz CT molecular complexity index is 435. The second-order valence-corrected chi connectivity index (χ2v) is 6.23. The highest BCUT2D eigenvalue weighted by atomic mass is 16.1. The van der Waals surface area contributed by atoms with E-state index in [1.54, 1.807) is 0 Å². The highest BCUT2D eigenvalue weighted by molar-refractivity contribution is 5.86. The van der Waals surface area contributed by atoms with E-state index in [4.69, 9.17) is 0 Å². The molecule has 0 saturated carbocycles. The Hall–Kier alpha value is -1.11. The van der Waals surface area contributed by atoms with E-state index in [0.29, 0.717) is 11.7 Å². The van der Waals surface area contributed by atoms with Crippen LogP contribution in [-0.2, 0) is 11.2 Å². The normalized spacial score (nSPS) is 19.4. The standard InChI is InChI=1S/C19H28O/c1-3-5-9-15(4-2)14-19(20)18-13-8-11-16-10-6-7-12-17(16)18/h6-7,10,12,15,18H,3-5,8-9,11,13-14H2,1-2H3. The summed E-state index contributed by atoms with van der Waals surface area (Å²) in [7, 11) is 0. The molecule has 1 aromatic rings. The van der Waals surface area contributed by atoms with Gasteiger partial charge in [0.05, 0.1) is 0 Å². The van der Waals surface area contributed by atoms with Gasteiger partial charge in [-0.05, 0) is 36.3 Å². The number of carbonyl (C=O) groups excluding carboxylic acids is 1. The average Bonchev–Trinajstić information content (AvgIpc) is 2.50. The van der Waals surface area contributed by atoms with Gasteiger partial charge in [-0.3, -0.25) is 4.79 Å². The number of benzene rings is 1. The predicted octanol–water partition coefficient (Wildman–Crippen LogP) is 5.28. The third-order valence-corrected chi connectivity index (χ3v) is 4.79. The van der Waals surface area contributed by atoms with Crippen molar-refractivity contribution in [3.05, 3.63) is 35.4 Å². The average molecular weight is 272 g/mol. The molecular formula is C19H28O. The van der Waals surface area contributed by atoms with E-state index in [2.05, 4.69) is 38.1 Å². The number of aryl methyl sites for hydroxylation is 1. The van der Waals surface area contributed by atoms with Crippen molar-refractivity contribution >= 4 is 5.78 Å². The molecule has 1 heteroatoms. The molecule has 2 atom stereocenters. The van der Waals surface area contributed by atoms with Gasteiger partial charge in [0.15, 0.2) is 0 Å². The first-order valence-corrected chi connectivity index (χ1v) is 8.36. The molecule has 0 saturated heterocycles. The number of Topliss-reactive ketones (excluding diaryl/α,β-unsaturated/α-hetero) is 1. The summed E-state index contributed by atoms with van der Waals surface area (Å²) in [6.07, 6.45) is 9.00. The van der Waals surface area contributed by atoms with Gasteiger partial charge in [0, 0.05) is 12.3 Å². The maximum absolute atomic E-state index is 12.7. The fourth-order valence-corrected chi connectivity index (χ4v) is 3.46. The van der Waals surface area contributed by atoms with Crippen LogP contribution in [0.25, 0.3) is 0 Å². The van der Waals surface area contributed by atoms with Crippen molar-refractivity contribution in [3.63, 3.8) is 0 Å². The zero-order valence-corrected chi connectivity index (χ0v) is 13.0. The quantitative estimate of drug-likeness (QED) is 0.659. The molecule has 110 valence electrons. The summed E-state index contributed by atoms with van der Waals surface area (Å²) in [5.41, 5.74) is 2.72. The summed E-state index contributed by atoms with van der Waals surface area (Å²) in [4.78, 5) is 12.7. The van der Waals surface area contributed by atoms with Crippen molar-refractivity contribution in [3.8, 4) is 0 Å². The molecule has 0 amide bonds. The molecule has 2 rings (SSSR count). The topological polar surface area (TPSA) is 17.1 Å². The van der Waals surface area contributed by atoms with Crippen LogP contribution in [0.1, 0.15) is 75.8 Å². The lowest BCUT2D eigenvalue weighted by atomic mass is 9.78. The minimum Gasteiger partial charge on any atom is -0.299 e. The van der Waals surface area contributed by atoms with Crippen LogP contribution in [0.3, 0.4) is 0 Å². The molecule has 1 nitrogen and oxygen atoms in total. The van der Waals surface area contributed by atoms with Crippen molar-refractivity contribution in [1.82, 2.24) is 0 Å². The summed E-state index contributed by atoms with van der Waals surface area (Å²) in [6.45, 7) is 4.45. The minimum absolute atomic E-state index is 0.177. The molecule has 2 unspecified atom stereocenters. The van der Waals surface area contributed by atoms with E-state index in [1.165, 1.54) is 36.8 Å². The summed E-state index contributed by atoms with van der Waals surface area (Å²) in [5.74, 6) is 1.26. The maximum atomic E-state index is 12.7. The third-order valence-electron chi connectivity index (χ3n) is 4.79. The Morgan fingerprint density at radius 3 is 2.85 bits per heavy atom. The van der Waals surface area contributed by atoms with Crippen molar-refractivity contribution in [1.29, 1.82) is 0 Å². The zero-order valence-electron chi connectivity index (χ0n) is 13.0. The predicted molar refractivity (Wildman–Crippen MR) is 85.1 cm³/mol. The molecule has 0 radical (unpaired) electrons. The van der Waals surface area contributed by atoms with Crippen LogP contribution in [0, 0.1) is 5.92 Å². The number of ketones is 1. The molecule has 0 heterocycles. The van der Waals surface area contributed by atoms with Crippen molar-refractivity contribution in [2.45, 2.75) is 71.1 Å². The van der Waals surface area contributed by atoms with E-state index >= 15 is 0 Å². The van der Waals surface area contributed by atoms with Crippen LogP contribution in [0.15, 0.2) is 24.3 Å². The van der Waals surface area contributed by atoms with Gasteiger partial charge in [-0.15, -0.1) is 0 Å². The summed E-state index contributed by atoms with van der Waals surface area (Å²) in [5, 5.41) is 0. The van der Waals surface area contributed by atoms with Crippen molar-refractivity contribution < 1.29 is 4.79 Å². The van der Waals surface area contributed by atoms with Gasteiger partial charge in [0.25, 0.3) is 0 Å². The first-order chi connectivity index (χ1) is 9.76. The Morgan fingerprint density at radius 1 is 1.30 bits per heavy atom. The van der Waals surface area contributed by atoms with Crippen LogP contribution >= 0.6 is 0 Å². The Labute approximate surface area is 123 Å². The Morgan fingerprint density at radius 2 is 2.10 bits per heavy atom. The lowest BCUT2D eigenvalue weighted by molar-refractivity contribution is -0.121.